The van der Waals surface area contributed by atoms with Gasteiger partial charge in [-0.3, -0.25) is 0 Å². The predicted molar refractivity (Wildman–Crippen MR) is 75.5 cm³/mol. The Morgan fingerprint density at radius 1 is 1.55 bits per heavy atom. The van der Waals surface area contributed by atoms with E-state index < -0.39 is 25.7 Å². The molecule has 0 bridgehead atoms. The summed E-state index contributed by atoms with van der Waals surface area (Å²) in [6.45, 7) is 3.98. The molecule has 0 aliphatic heterocycles. The third-order valence-corrected chi connectivity index (χ3v) is 3.98. The Morgan fingerprint density at radius 3 is 2.60 bits per heavy atom. The second kappa shape index (κ2) is 7.53. The van der Waals surface area contributed by atoms with Crippen molar-refractivity contribution < 1.29 is 13.3 Å². The quantitative estimate of drug-likeness (QED) is 0.542. The van der Waals surface area contributed by atoms with Crippen LogP contribution in [-0.2, 0) is 16.6 Å². The number of hydrogen-bond acceptors (Lipinski definition) is 6. The van der Waals surface area contributed by atoms with E-state index in [0.717, 1.165) is 6.20 Å². The van der Waals surface area contributed by atoms with Crippen molar-refractivity contribution in [1.29, 1.82) is 0 Å². The number of halogens is 1. The molecule has 0 fully saturated rings. The molecule has 0 saturated heterocycles. The van der Waals surface area contributed by atoms with Crippen molar-refractivity contribution in [2.24, 2.45) is 0 Å². The van der Waals surface area contributed by atoms with Gasteiger partial charge in [-0.15, -0.1) is 12.4 Å². The van der Waals surface area contributed by atoms with Gasteiger partial charge in [-0.05, 0) is 25.8 Å². The Bertz CT molecular complexity index is 559. The SMILES string of the molecule is CCn1cc(S(=O)(=O)NCC(C)NC)c([N+](=O)[O-])n1.Cl. The fourth-order valence-electron chi connectivity index (χ4n) is 1.29. The van der Waals surface area contributed by atoms with Gasteiger partial charge in [0.05, 0.1) is 17.8 Å². The normalized spacial score (nSPS) is 12.8. The lowest BCUT2D eigenvalue weighted by molar-refractivity contribution is -0.392. The van der Waals surface area contributed by atoms with E-state index in [1.165, 1.54) is 4.68 Å². The van der Waals surface area contributed by atoms with Gasteiger partial charge in [0, 0.05) is 12.6 Å². The van der Waals surface area contributed by atoms with E-state index in [-0.39, 0.29) is 25.0 Å². The van der Waals surface area contributed by atoms with E-state index in [1.807, 2.05) is 0 Å². The van der Waals surface area contributed by atoms with Gasteiger partial charge in [0.1, 0.15) is 0 Å². The molecule has 11 heteroatoms. The summed E-state index contributed by atoms with van der Waals surface area (Å²) in [5, 5.41) is 17.3. The number of rotatable bonds is 7. The molecule has 0 radical (unpaired) electrons. The maximum atomic E-state index is 12.0. The lowest BCUT2D eigenvalue weighted by atomic mass is 10.4. The third kappa shape index (κ3) is 4.40. The minimum Gasteiger partial charge on any atom is -0.358 e. The first-order valence-corrected chi connectivity index (χ1v) is 7.19. The maximum Gasteiger partial charge on any atom is 0.410 e. The minimum absolute atomic E-state index is 0. The monoisotopic (exact) mass is 327 g/mol. The van der Waals surface area contributed by atoms with E-state index >= 15 is 0 Å². The van der Waals surface area contributed by atoms with Gasteiger partial charge in [0.2, 0.25) is 4.90 Å². The van der Waals surface area contributed by atoms with E-state index in [2.05, 4.69) is 15.1 Å². The van der Waals surface area contributed by atoms with Crippen molar-refractivity contribution in [3.05, 3.63) is 16.3 Å². The van der Waals surface area contributed by atoms with Gasteiger partial charge in [0.25, 0.3) is 10.0 Å². The van der Waals surface area contributed by atoms with Gasteiger partial charge < -0.3 is 15.4 Å². The van der Waals surface area contributed by atoms with Gasteiger partial charge in [0.15, 0.2) is 0 Å². The Morgan fingerprint density at radius 2 is 2.15 bits per heavy atom. The highest BCUT2D eigenvalue weighted by Gasteiger charge is 2.30. The van der Waals surface area contributed by atoms with Crippen LogP contribution in [0.5, 0.6) is 0 Å². The zero-order valence-corrected chi connectivity index (χ0v) is 13.0. The fraction of sp³-hybridized carbons (Fsp3) is 0.667. The van der Waals surface area contributed by atoms with Crippen LogP contribution in [0.1, 0.15) is 13.8 Å². The van der Waals surface area contributed by atoms with Crippen molar-refractivity contribution in [2.75, 3.05) is 13.6 Å². The lowest BCUT2D eigenvalue weighted by Gasteiger charge is -2.10. The summed E-state index contributed by atoms with van der Waals surface area (Å²) in [6, 6.07) is -0.0879. The molecule has 0 saturated carbocycles. The number of nitrogens with zero attached hydrogens (tertiary/aromatic N) is 3. The zero-order chi connectivity index (χ0) is 14.6. The molecule has 0 aromatic carbocycles. The topological polar surface area (TPSA) is 119 Å². The standard InChI is InChI=1S/C9H17N5O4S.ClH/c1-4-13-6-8(9(12-13)14(15)16)19(17,18)11-5-7(2)10-3;/h6-7,10-11H,4-5H2,1-3H3;1H. The maximum absolute atomic E-state index is 12.0. The van der Waals surface area contributed by atoms with Crippen LogP contribution in [0.2, 0.25) is 0 Å². The smallest absolute Gasteiger partial charge is 0.358 e. The lowest BCUT2D eigenvalue weighted by Crippen LogP contribution is -2.37. The molecular formula is C9H18ClN5O4S. The number of aryl methyl sites for hydroxylation is 1. The number of nitro groups is 1. The number of likely N-dealkylation sites (N-methyl/N-ethyl adjacent to an activating group) is 1. The molecule has 9 nitrogen and oxygen atoms in total. The first-order chi connectivity index (χ1) is 8.81. The molecule has 1 aromatic rings. The van der Waals surface area contributed by atoms with Crippen molar-refractivity contribution in [1.82, 2.24) is 19.8 Å². The average Bonchev–Trinajstić information content (AvgIpc) is 2.81. The number of sulfonamides is 1. The molecule has 20 heavy (non-hydrogen) atoms. The highest BCUT2D eigenvalue weighted by Crippen LogP contribution is 2.21. The highest BCUT2D eigenvalue weighted by atomic mass is 35.5. The molecule has 116 valence electrons. The van der Waals surface area contributed by atoms with Crippen LogP contribution < -0.4 is 10.0 Å². The van der Waals surface area contributed by atoms with Crippen LogP contribution in [0.3, 0.4) is 0 Å². The van der Waals surface area contributed by atoms with Crippen LogP contribution in [-0.4, -0.2) is 42.8 Å². The summed E-state index contributed by atoms with van der Waals surface area (Å²) in [5.74, 6) is -0.661. The number of hydrogen-bond donors (Lipinski definition) is 2. The largest absolute Gasteiger partial charge is 0.410 e. The van der Waals surface area contributed by atoms with Crippen LogP contribution in [0.4, 0.5) is 5.82 Å². The molecule has 1 atom stereocenters. The minimum atomic E-state index is -3.95. The highest BCUT2D eigenvalue weighted by molar-refractivity contribution is 7.89. The van der Waals surface area contributed by atoms with Gasteiger partial charge in [-0.1, -0.05) is 0 Å². The molecule has 2 N–H and O–H groups in total. The zero-order valence-electron chi connectivity index (χ0n) is 11.4. The van der Waals surface area contributed by atoms with Crippen molar-refractivity contribution in [3.63, 3.8) is 0 Å². The Balaban J connectivity index is 0.00000361. The predicted octanol–water partition coefficient (Wildman–Crippen LogP) is 0.119. The van der Waals surface area contributed by atoms with E-state index in [1.54, 1.807) is 20.9 Å². The van der Waals surface area contributed by atoms with Crippen LogP contribution in [0.25, 0.3) is 0 Å². The molecule has 0 aliphatic rings. The molecule has 1 unspecified atom stereocenters. The first kappa shape index (κ1) is 18.8. The van der Waals surface area contributed by atoms with Crippen molar-refractivity contribution in [2.45, 2.75) is 31.3 Å². The first-order valence-electron chi connectivity index (χ1n) is 5.70. The van der Waals surface area contributed by atoms with Gasteiger partial charge >= 0.3 is 5.82 Å². The summed E-state index contributed by atoms with van der Waals surface area (Å²) in [6.07, 6.45) is 1.16. The Labute approximate surface area is 123 Å². The van der Waals surface area contributed by atoms with E-state index in [0.29, 0.717) is 6.54 Å². The molecule has 1 aromatic heterocycles. The summed E-state index contributed by atoms with van der Waals surface area (Å²) in [4.78, 5) is 9.60. The number of aromatic nitrogens is 2. The molecular weight excluding hydrogens is 310 g/mol. The molecule has 0 aliphatic carbocycles. The fourth-order valence-corrected chi connectivity index (χ4v) is 2.53. The third-order valence-electron chi connectivity index (χ3n) is 2.57. The van der Waals surface area contributed by atoms with E-state index in [9.17, 15) is 18.5 Å². The molecule has 0 spiro atoms. The second-order valence-corrected chi connectivity index (χ2v) is 5.71. The van der Waals surface area contributed by atoms with Gasteiger partial charge in [-0.25, -0.2) is 13.1 Å². The second-order valence-electron chi connectivity index (χ2n) is 3.97. The van der Waals surface area contributed by atoms with Crippen molar-refractivity contribution >= 4 is 28.2 Å². The van der Waals surface area contributed by atoms with Crippen molar-refractivity contribution in [3.8, 4) is 0 Å². The Kier molecular flexibility index (Phi) is 7.06. The van der Waals surface area contributed by atoms with Crippen LogP contribution in [0.15, 0.2) is 11.1 Å². The molecule has 0 amide bonds. The van der Waals surface area contributed by atoms with Crippen LogP contribution >= 0.6 is 12.4 Å². The molecule has 1 rings (SSSR count). The summed E-state index contributed by atoms with van der Waals surface area (Å²) >= 11 is 0. The van der Waals surface area contributed by atoms with Crippen LogP contribution in [0, 0.1) is 10.1 Å². The average molecular weight is 328 g/mol. The number of nitrogens with one attached hydrogen (secondary N) is 2. The summed E-state index contributed by atoms with van der Waals surface area (Å²) in [7, 11) is -2.25. The molecule has 1 heterocycles. The van der Waals surface area contributed by atoms with E-state index in [4.69, 9.17) is 0 Å². The van der Waals surface area contributed by atoms with Gasteiger partial charge in [-0.2, -0.15) is 4.68 Å². The summed E-state index contributed by atoms with van der Waals surface area (Å²) < 4.78 is 27.5. The Hall–Kier alpha value is -1.23. The summed E-state index contributed by atoms with van der Waals surface area (Å²) in [5.41, 5.74) is 0.